The summed E-state index contributed by atoms with van der Waals surface area (Å²) < 4.78 is 4.84. The zero-order valence-corrected chi connectivity index (χ0v) is 9.05. The summed E-state index contributed by atoms with van der Waals surface area (Å²) in [6, 6.07) is 6.75. The Labute approximate surface area is 92.2 Å². The van der Waals surface area contributed by atoms with Crippen molar-refractivity contribution in [2.45, 2.75) is 0 Å². The van der Waals surface area contributed by atoms with E-state index >= 15 is 0 Å². The van der Waals surface area contributed by atoms with Crippen LogP contribution in [0.3, 0.4) is 0 Å². The maximum atomic E-state index is 11.0. The molecule has 0 heterocycles. The second-order valence-corrected chi connectivity index (χ2v) is 3.33. The van der Waals surface area contributed by atoms with Crippen LogP contribution in [0.4, 0.5) is 10.5 Å². The van der Waals surface area contributed by atoms with Gasteiger partial charge in [-0.3, -0.25) is 9.69 Å². The fourth-order valence-electron chi connectivity index (χ4n) is 0.977. The van der Waals surface area contributed by atoms with Gasteiger partial charge in [-0.15, -0.1) is 0 Å². The highest BCUT2D eigenvalue weighted by Crippen LogP contribution is 2.19. The molecule has 1 aromatic rings. The summed E-state index contributed by atoms with van der Waals surface area (Å²) in [4.78, 5) is 12.3. The van der Waals surface area contributed by atoms with Gasteiger partial charge in [0, 0.05) is 17.8 Å². The monoisotopic (exact) mass is 233 g/mol. The number of rotatable bonds is 3. The van der Waals surface area contributed by atoms with Gasteiger partial charge in [0.25, 0.3) is 0 Å². The van der Waals surface area contributed by atoms with Gasteiger partial charge in [-0.25, -0.2) is 0 Å². The van der Waals surface area contributed by atoms with E-state index in [4.69, 9.17) is 27.9 Å². The van der Waals surface area contributed by atoms with Gasteiger partial charge in [-0.2, -0.15) is 0 Å². The zero-order valence-electron chi connectivity index (χ0n) is 7.54. The van der Waals surface area contributed by atoms with Crippen molar-refractivity contribution in [3.05, 3.63) is 29.3 Å². The largest absolute Gasteiger partial charge is 0.364 e. The number of carbonyl (C=O) groups excluding carboxylic acids is 1. The minimum absolute atomic E-state index is 0.115. The molecule has 0 spiro atoms. The Balaban J connectivity index is 2.87. The van der Waals surface area contributed by atoms with Gasteiger partial charge in [0.1, 0.15) is 6.73 Å². The van der Waals surface area contributed by atoms with Crippen LogP contribution in [0.2, 0.25) is 5.02 Å². The van der Waals surface area contributed by atoms with E-state index in [2.05, 4.69) is 0 Å². The van der Waals surface area contributed by atoms with Crippen LogP contribution in [-0.4, -0.2) is 19.2 Å². The molecule has 0 aliphatic rings. The Morgan fingerprint density at radius 1 is 1.43 bits per heavy atom. The highest BCUT2D eigenvalue weighted by Gasteiger charge is 2.12. The first-order chi connectivity index (χ1) is 6.65. The number of amides is 1. The highest BCUT2D eigenvalue weighted by molar-refractivity contribution is 6.66. The van der Waals surface area contributed by atoms with Gasteiger partial charge in [0.05, 0.1) is 0 Å². The summed E-state index contributed by atoms with van der Waals surface area (Å²) in [5, 5.41) is 0.0160. The highest BCUT2D eigenvalue weighted by atomic mass is 35.5. The lowest BCUT2D eigenvalue weighted by atomic mass is 10.3. The van der Waals surface area contributed by atoms with E-state index in [0.29, 0.717) is 10.7 Å². The second kappa shape index (κ2) is 5.20. The second-order valence-electron chi connectivity index (χ2n) is 2.58. The van der Waals surface area contributed by atoms with E-state index in [0.717, 1.165) is 0 Å². The van der Waals surface area contributed by atoms with Crippen molar-refractivity contribution in [3.8, 4) is 0 Å². The molecular formula is C9H9Cl2NO2. The van der Waals surface area contributed by atoms with Crippen LogP contribution < -0.4 is 4.90 Å². The van der Waals surface area contributed by atoms with Gasteiger partial charge < -0.3 is 4.74 Å². The Hall–Kier alpha value is -0.770. The lowest BCUT2D eigenvalue weighted by Gasteiger charge is -2.18. The molecule has 0 aliphatic carbocycles. The summed E-state index contributed by atoms with van der Waals surface area (Å²) in [5.74, 6) is 0. The lowest BCUT2D eigenvalue weighted by molar-refractivity contribution is 0.197. The molecular weight excluding hydrogens is 225 g/mol. The summed E-state index contributed by atoms with van der Waals surface area (Å²) in [5.41, 5.74) is 0.649. The number of anilines is 1. The fraction of sp³-hybridized carbons (Fsp3) is 0.222. The summed E-state index contributed by atoms with van der Waals surface area (Å²) >= 11 is 11.1. The average molecular weight is 234 g/mol. The number of carbonyl (C=O) groups is 1. The topological polar surface area (TPSA) is 29.5 Å². The molecule has 0 N–H and O–H groups in total. The predicted octanol–water partition coefficient (Wildman–Crippen LogP) is 3.11. The van der Waals surface area contributed by atoms with Crippen molar-refractivity contribution in [1.29, 1.82) is 0 Å². The third-order valence-corrected chi connectivity index (χ3v) is 2.06. The van der Waals surface area contributed by atoms with Crippen molar-refractivity contribution in [2.75, 3.05) is 18.7 Å². The molecule has 1 aromatic carbocycles. The number of hydrogen-bond acceptors (Lipinski definition) is 2. The number of benzene rings is 1. The first kappa shape index (κ1) is 11.3. The summed E-state index contributed by atoms with van der Waals surface area (Å²) in [6.45, 7) is 0.115. The maximum absolute atomic E-state index is 11.0. The van der Waals surface area contributed by atoms with E-state index in [9.17, 15) is 4.79 Å². The molecule has 3 nitrogen and oxygen atoms in total. The quantitative estimate of drug-likeness (QED) is 0.456. The number of ether oxygens (including phenoxy) is 1. The van der Waals surface area contributed by atoms with Crippen molar-refractivity contribution in [2.24, 2.45) is 0 Å². The average Bonchev–Trinajstić information content (AvgIpc) is 2.15. The Morgan fingerprint density at radius 2 is 2.00 bits per heavy atom. The molecule has 0 aromatic heterocycles. The zero-order chi connectivity index (χ0) is 10.6. The van der Waals surface area contributed by atoms with E-state index in [1.54, 1.807) is 24.3 Å². The van der Waals surface area contributed by atoms with Crippen molar-refractivity contribution < 1.29 is 9.53 Å². The van der Waals surface area contributed by atoms with Crippen molar-refractivity contribution in [3.63, 3.8) is 0 Å². The normalized spacial score (nSPS) is 9.93. The molecule has 14 heavy (non-hydrogen) atoms. The molecule has 0 atom stereocenters. The van der Waals surface area contributed by atoms with E-state index < -0.39 is 5.37 Å². The van der Waals surface area contributed by atoms with E-state index in [1.165, 1.54) is 12.0 Å². The first-order valence-corrected chi connectivity index (χ1v) is 4.62. The first-order valence-electron chi connectivity index (χ1n) is 3.86. The molecule has 1 amide bonds. The van der Waals surface area contributed by atoms with Crippen LogP contribution in [-0.2, 0) is 4.74 Å². The molecule has 0 saturated heterocycles. The maximum Gasteiger partial charge on any atom is 0.322 e. The van der Waals surface area contributed by atoms with Gasteiger partial charge in [0.2, 0.25) is 0 Å². The van der Waals surface area contributed by atoms with Crippen LogP contribution in [0.15, 0.2) is 24.3 Å². The number of hydrogen-bond donors (Lipinski definition) is 0. The lowest BCUT2D eigenvalue weighted by Crippen LogP contribution is -2.27. The molecule has 0 fully saturated rings. The molecule has 0 bridgehead atoms. The van der Waals surface area contributed by atoms with Crippen LogP contribution in [0.1, 0.15) is 0 Å². The summed E-state index contributed by atoms with van der Waals surface area (Å²) in [6.07, 6.45) is 0. The minimum atomic E-state index is -0.589. The smallest absolute Gasteiger partial charge is 0.322 e. The van der Waals surface area contributed by atoms with Crippen molar-refractivity contribution >= 4 is 34.3 Å². The molecule has 0 unspecified atom stereocenters. The number of methoxy groups -OCH3 is 1. The fourth-order valence-corrected chi connectivity index (χ4v) is 1.25. The predicted molar refractivity (Wildman–Crippen MR) is 57.1 cm³/mol. The Morgan fingerprint density at radius 3 is 2.43 bits per heavy atom. The molecule has 5 heteroatoms. The molecule has 0 aliphatic heterocycles. The SMILES string of the molecule is COCN(C(=O)Cl)c1ccc(Cl)cc1. The Bertz CT molecular complexity index is 313. The van der Waals surface area contributed by atoms with E-state index in [1.807, 2.05) is 0 Å². The van der Waals surface area contributed by atoms with Crippen LogP contribution >= 0.6 is 23.2 Å². The number of nitrogens with zero attached hydrogens (tertiary/aromatic N) is 1. The molecule has 76 valence electrons. The number of halogens is 2. The van der Waals surface area contributed by atoms with Crippen LogP contribution in [0.5, 0.6) is 0 Å². The molecule has 1 rings (SSSR count). The third kappa shape index (κ3) is 2.87. The van der Waals surface area contributed by atoms with E-state index in [-0.39, 0.29) is 6.73 Å². The van der Waals surface area contributed by atoms with Gasteiger partial charge >= 0.3 is 5.37 Å². The van der Waals surface area contributed by atoms with Gasteiger partial charge in [0.15, 0.2) is 0 Å². The van der Waals surface area contributed by atoms with Crippen LogP contribution in [0, 0.1) is 0 Å². The summed E-state index contributed by atoms with van der Waals surface area (Å²) in [7, 11) is 1.49. The standard InChI is InChI=1S/C9H9Cl2NO2/c1-14-6-12(9(11)13)8-4-2-7(10)3-5-8/h2-5H,6H2,1H3. The molecule has 0 radical (unpaired) electrons. The minimum Gasteiger partial charge on any atom is -0.364 e. The van der Waals surface area contributed by atoms with Gasteiger partial charge in [-0.1, -0.05) is 11.6 Å². The van der Waals surface area contributed by atoms with Crippen LogP contribution in [0.25, 0.3) is 0 Å². The van der Waals surface area contributed by atoms with Crippen molar-refractivity contribution in [1.82, 2.24) is 0 Å². The third-order valence-electron chi connectivity index (χ3n) is 1.61. The van der Waals surface area contributed by atoms with Gasteiger partial charge in [-0.05, 0) is 35.9 Å². The Kier molecular flexibility index (Phi) is 4.20. The molecule has 0 saturated carbocycles.